The molecule has 7 heteroatoms. The number of nitrogens with zero attached hydrogens (tertiary/aromatic N) is 7. The number of fused-ring (bicyclic) bond motifs is 2. The Labute approximate surface area is 159 Å². The Bertz CT molecular complexity index is 962. The van der Waals surface area contributed by atoms with E-state index in [9.17, 15) is 0 Å². The lowest BCUT2D eigenvalue weighted by Crippen LogP contribution is -2.46. The molecule has 4 heterocycles. The van der Waals surface area contributed by atoms with Crippen LogP contribution in [0.4, 0.5) is 5.82 Å². The third-order valence-corrected chi connectivity index (χ3v) is 5.99. The first-order valence-electron chi connectivity index (χ1n) is 10.0. The molecule has 0 amide bonds. The molecule has 0 bridgehead atoms. The fourth-order valence-electron chi connectivity index (χ4n) is 4.58. The Morgan fingerprint density at radius 3 is 2.74 bits per heavy atom. The number of aryl methyl sites for hydroxylation is 2. The zero-order valence-corrected chi connectivity index (χ0v) is 16.2. The average molecular weight is 365 g/mol. The van der Waals surface area contributed by atoms with Gasteiger partial charge in [0.05, 0.1) is 11.9 Å². The van der Waals surface area contributed by atoms with Gasteiger partial charge in [-0.05, 0) is 38.2 Å². The van der Waals surface area contributed by atoms with Crippen molar-refractivity contribution >= 4 is 11.5 Å². The second kappa shape index (κ2) is 6.64. The number of piperazine rings is 1. The fraction of sp³-hybridized carbons (Fsp3) is 0.550. The highest BCUT2D eigenvalue weighted by atomic mass is 15.4. The maximum atomic E-state index is 4.85. The largest absolute Gasteiger partial charge is 0.354 e. The Morgan fingerprint density at radius 1 is 1.07 bits per heavy atom. The lowest BCUT2D eigenvalue weighted by Gasteiger charge is -2.35. The highest BCUT2D eigenvalue weighted by molar-refractivity contribution is 5.51. The molecule has 3 aromatic rings. The Hall–Kier alpha value is -2.41. The normalized spacial score (nSPS) is 18.2. The van der Waals surface area contributed by atoms with Crippen LogP contribution in [0.15, 0.2) is 18.3 Å². The van der Waals surface area contributed by atoms with Crippen LogP contribution < -0.4 is 4.90 Å². The Morgan fingerprint density at radius 2 is 1.89 bits per heavy atom. The first-order valence-corrected chi connectivity index (χ1v) is 10.0. The molecule has 5 rings (SSSR count). The van der Waals surface area contributed by atoms with E-state index < -0.39 is 0 Å². The lowest BCUT2D eigenvalue weighted by atomic mass is 9.95. The number of aromatic nitrogens is 5. The highest BCUT2D eigenvalue weighted by Gasteiger charge is 2.24. The lowest BCUT2D eigenvalue weighted by molar-refractivity contribution is 0.245. The summed E-state index contributed by atoms with van der Waals surface area (Å²) in [7, 11) is 2.10. The first kappa shape index (κ1) is 16.7. The van der Waals surface area contributed by atoms with Crippen LogP contribution in [0.25, 0.3) is 5.65 Å². The summed E-state index contributed by atoms with van der Waals surface area (Å²) in [5.41, 5.74) is 6.25. The minimum Gasteiger partial charge on any atom is -0.354 e. The number of rotatable bonds is 3. The smallest absolute Gasteiger partial charge is 0.157 e. The molecule has 0 saturated carbocycles. The van der Waals surface area contributed by atoms with Crippen LogP contribution in [0.1, 0.15) is 35.5 Å². The summed E-state index contributed by atoms with van der Waals surface area (Å²) in [6.07, 6.45) is 6.82. The van der Waals surface area contributed by atoms with Crippen LogP contribution in [-0.4, -0.2) is 55.5 Å². The standard InChI is InChI=1S/C20H27N7/c1-15-13-20(27-19(22-15)7-8-21-27)26-11-9-25(10-12-26)14-17-16-5-3-4-6-18(16)24(2)23-17/h7-8,13H,3-6,9-12,14H2,1-2H3. The molecule has 0 unspecified atom stereocenters. The van der Waals surface area contributed by atoms with Crippen LogP contribution in [0.5, 0.6) is 0 Å². The molecular formula is C20H27N7. The molecule has 0 radical (unpaired) electrons. The summed E-state index contributed by atoms with van der Waals surface area (Å²) in [4.78, 5) is 9.53. The Kier molecular flexibility index (Phi) is 4.11. The molecule has 7 nitrogen and oxygen atoms in total. The monoisotopic (exact) mass is 365 g/mol. The first-order chi connectivity index (χ1) is 13.2. The van der Waals surface area contributed by atoms with Gasteiger partial charge >= 0.3 is 0 Å². The second-order valence-electron chi connectivity index (χ2n) is 7.82. The van der Waals surface area contributed by atoms with E-state index in [0.717, 1.165) is 49.9 Å². The van der Waals surface area contributed by atoms with Gasteiger partial charge in [0.25, 0.3) is 0 Å². The van der Waals surface area contributed by atoms with Gasteiger partial charge in [0.15, 0.2) is 5.65 Å². The predicted molar refractivity (Wildman–Crippen MR) is 105 cm³/mol. The van der Waals surface area contributed by atoms with Crippen molar-refractivity contribution in [3.8, 4) is 0 Å². The van der Waals surface area contributed by atoms with E-state index in [1.54, 1.807) is 0 Å². The second-order valence-corrected chi connectivity index (χ2v) is 7.82. The SMILES string of the molecule is Cc1cc(N2CCN(Cc3nn(C)c4c3CCCC4)CC2)n2nccc2n1. The fourth-order valence-corrected chi connectivity index (χ4v) is 4.58. The van der Waals surface area contributed by atoms with E-state index in [2.05, 4.69) is 44.6 Å². The van der Waals surface area contributed by atoms with Crippen molar-refractivity contribution in [2.45, 2.75) is 39.2 Å². The molecule has 0 N–H and O–H groups in total. The molecule has 3 aromatic heterocycles. The number of anilines is 1. The van der Waals surface area contributed by atoms with Crippen molar-refractivity contribution in [1.82, 2.24) is 29.3 Å². The topological polar surface area (TPSA) is 54.5 Å². The Balaban J connectivity index is 1.30. The summed E-state index contributed by atoms with van der Waals surface area (Å²) >= 11 is 0. The minimum absolute atomic E-state index is 0.924. The average Bonchev–Trinajstić information content (AvgIpc) is 3.27. The van der Waals surface area contributed by atoms with Crippen molar-refractivity contribution < 1.29 is 0 Å². The van der Waals surface area contributed by atoms with Gasteiger partial charge in [0, 0.05) is 63.3 Å². The summed E-state index contributed by atoms with van der Waals surface area (Å²) < 4.78 is 4.08. The number of hydrogen-bond acceptors (Lipinski definition) is 5. The third kappa shape index (κ3) is 3.00. The van der Waals surface area contributed by atoms with E-state index in [4.69, 9.17) is 5.10 Å². The van der Waals surface area contributed by atoms with Gasteiger partial charge in [-0.2, -0.15) is 14.7 Å². The molecule has 1 fully saturated rings. The van der Waals surface area contributed by atoms with Crippen molar-refractivity contribution in [1.29, 1.82) is 0 Å². The van der Waals surface area contributed by atoms with Crippen molar-refractivity contribution in [3.05, 3.63) is 41.0 Å². The summed E-state index contributed by atoms with van der Waals surface area (Å²) in [6.45, 7) is 7.15. The van der Waals surface area contributed by atoms with Crippen LogP contribution >= 0.6 is 0 Å². The molecule has 0 aromatic carbocycles. The van der Waals surface area contributed by atoms with Crippen molar-refractivity contribution in [2.75, 3.05) is 31.1 Å². The van der Waals surface area contributed by atoms with Gasteiger partial charge in [0.2, 0.25) is 0 Å². The molecule has 0 atom stereocenters. The van der Waals surface area contributed by atoms with Crippen LogP contribution in [0.3, 0.4) is 0 Å². The van der Waals surface area contributed by atoms with Crippen LogP contribution in [-0.2, 0) is 26.4 Å². The van der Waals surface area contributed by atoms with Gasteiger partial charge in [-0.1, -0.05) is 0 Å². The quantitative estimate of drug-likeness (QED) is 0.710. The van der Waals surface area contributed by atoms with Gasteiger partial charge in [0.1, 0.15) is 5.82 Å². The van der Waals surface area contributed by atoms with Gasteiger partial charge in [-0.3, -0.25) is 9.58 Å². The number of hydrogen-bond donors (Lipinski definition) is 0. The molecular weight excluding hydrogens is 338 g/mol. The molecule has 1 saturated heterocycles. The summed E-state index contributed by atoms with van der Waals surface area (Å²) in [5, 5.41) is 9.31. The van der Waals surface area contributed by atoms with Gasteiger partial charge in [-0.15, -0.1) is 0 Å². The minimum atomic E-state index is 0.924. The van der Waals surface area contributed by atoms with E-state index in [1.807, 2.05) is 16.8 Å². The van der Waals surface area contributed by atoms with Crippen LogP contribution in [0, 0.1) is 6.92 Å². The van der Waals surface area contributed by atoms with Crippen molar-refractivity contribution in [3.63, 3.8) is 0 Å². The van der Waals surface area contributed by atoms with E-state index in [0.29, 0.717) is 0 Å². The third-order valence-electron chi connectivity index (χ3n) is 5.99. The molecule has 1 aliphatic carbocycles. The summed E-state index contributed by atoms with van der Waals surface area (Å²) in [5.74, 6) is 1.15. The van der Waals surface area contributed by atoms with Gasteiger partial charge in [-0.25, -0.2) is 4.98 Å². The van der Waals surface area contributed by atoms with Crippen LogP contribution in [0.2, 0.25) is 0 Å². The zero-order chi connectivity index (χ0) is 18.4. The van der Waals surface area contributed by atoms with Crippen molar-refractivity contribution in [2.24, 2.45) is 7.05 Å². The van der Waals surface area contributed by atoms with E-state index in [1.165, 1.54) is 42.6 Å². The molecule has 142 valence electrons. The highest BCUT2D eigenvalue weighted by Crippen LogP contribution is 2.25. The van der Waals surface area contributed by atoms with E-state index >= 15 is 0 Å². The molecule has 27 heavy (non-hydrogen) atoms. The molecule has 1 aliphatic heterocycles. The predicted octanol–water partition coefficient (Wildman–Crippen LogP) is 1.97. The zero-order valence-electron chi connectivity index (χ0n) is 16.2. The maximum absolute atomic E-state index is 4.85. The van der Waals surface area contributed by atoms with Gasteiger partial charge < -0.3 is 4.90 Å². The summed E-state index contributed by atoms with van der Waals surface area (Å²) in [6, 6.07) is 4.11. The molecule has 2 aliphatic rings. The van der Waals surface area contributed by atoms with E-state index in [-0.39, 0.29) is 0 Å². The maximum Gasteiger partial charge on any atom is 0.157 e. The molecule has 0 spiro atoms.